The smallest absolute Gasteiger partial charge is 0.307 e. The van der Waals surface area contributed by atoms with Crippen molar-refractivity contribution in [2.75, 3.05) is 0 Å². The molecule has 4 heteroatoms. The van der Waals surface area contributed by atoms with Crippen molar-refractivity contribution in [1.82, 2.24) is 0 Å². The van der Waals surface area contributed by atoms with Gasteiger partial charge < -0.3 is 15.9 Å². The molecule has 0 aliphatic heterocycles. The average molecular weight is 181 g/mol. The van der Waals surface area contributed by atoms with E-state index >= 15 is 0 Å². The lowest BCUT2D eigenvalue weighted by Crippen LogP contribution is -2.06. The van der Waals surface area contributed by atoms with Crippen molar-refractivity contribution in [3.8, 4) is 5.75 Å². The van der Waals surface area contributed by atoms with Crippen molar-refractivity contribution in [2.45, 2.75) is 13.0 Å². The van der Waals surface area contributed by atoms with Gasteiger partial charge in [-0.25, -0.2) is 0 Å². The highest BCUT2D eigenvalue weighted by atomic mass is 16.4. The molecule has 0 fully saturated rings. The van der Waals surface area contributed by atoms with Crippen LogP contribution in [0.5, 0.6) is 5.75 Å². The number of nitrogens with two attached hydrogens (primary N) is 1. The summed E-state index contributed by atoms with van der Waals surface area (Å²) >= 11 is 0. The van der Waals surface area contributed by atoms with Gasteiger partial charge in [0.15, 0.2) is 0 Å². The summed E-state index contributed by atoms with van der Waals surface area (Å²) in [4.78, 5) is 10.4. The molecule has 0 amide bonds. The molecule has 0 unspecified atom stereocenters. The standard InChI is InChI=1S/C9H11NO3/c10-5-7-3-8(11)2-1-6(7)4-9(12)13/h1-3,11H,4-5,10H2,(H,12,13). The minimum absolute atomic E-state index is 0.0627. The zero-order chi connectivity index (χ0) is 9.84. The molecular weight excluding hydrogens is 170 g/mol. The van der Waals surface area contributed by atoms with Crippen LogP contribution in [0.2, 0.25) is 0 Å². The molecule has 0 spiro atoms. The Hall–Kier alpha value is -1.55. The van der Waals surface area contributed by atoms with Gasteiger partial charge in [0.2, 0.25) is 0 Å². The number of carboxylic acids is 1. The van der Waals surface area contributed by atoms with Crippen LogP contribution in [-0.2, 0) is 17.8 Å². The third kappa shape index (κ3) is 2.45. The Kier molecular flexibility index (Phi) is 2.87. The predicted molar refractivity (Wildman–Crippen MR) is 47.3 cm³/mol. The van der Waals surface area contributed by atoms with E-state index in [2.05, 4.69) is 0 Å². The fourth-order valence-electron chi connectivity index (χ4n) is 1.14. The SMILES string of the molecule is NCc1cc(O)ccc1CC(=O)O. The first-order valence-electron chi connectivity index (χ1n) is 3.86. The van der Waals surface area contributed by atoms with Crippen molar-refractivity contribution in [3.05, 3.63) is 29.3 Å². The lowest BCUT2D eigenvalue weighted by atomic mass is 10.0. The topological polar surface area (TPSA) is 83.5 Å². The molecule has 0 radical (unpaired) electrons. The van der Waals surface area contributed by atoms with Crippen LogP contribution in [0.1, 0.15) is 11.1 Å². The van der Waals surface area contributed by atoms with E-state index in [1.165, 1.54) is 12.1 Å². The summed E-state index contributed by atoms with van der Waals surface area (Å²) in [6.07, 6.45) is -0.0627. The molecule has 13 heavy (non-hydrogen) atoms. The molecular formula is C9H11NO3. The Labute approximate surface area is 75.6 Å². The van der Waals surface area contributed by atoms with E-state index in [1.54, 1.807) is 6.07 Å². The summed E-state index contributed by atoms with van der Waals surface area (Å²) in [6, 6.07) is 4.52. The Bertz CT molecular complexity index is 323. The Morgan fingerprint density at radius 3 is 2.62 bits per heavy atom. The van der Waals surface area contributed by atoms with Crippen molar-refractivity contribution in [2.24, 2.45) is 5.73 Å². The lowest BCUT2D eigenvalue weighted by molar-refractivity contribution is -0.136. The third-order valence-electron chi connectivity index (χ3n) is 1.75. The Balaban J connectivity index is 2.99. The van der Waals surface area contributed by atoms with Crippen molar-refractivity contribution < 1.29 is 15.0 Å². The quantitative estimate of drug-likeness (QED) is 0.633. The highest BCUT2D eigenvalue weighted by molar-refractivity contribution is 5.70. The molecule has 70 valence electrons. The maximum absolute atomic E-state index is 10.4. The first-order valence-corrected chi connectivity index (χ1v) is 3.86. The fourth-order valence-corrected chi connectivity index (χ4v) is 1.14. The number of carbonyl (C=O) groups is 1. The summed E-state index contributed by atoms with van der Waals surface area (Å²) in [5.41, 5.74) is 6.71. The molecule has 0 saturated carbocycles. The van der Waals surface area contributed by atoms with Crippen LogP contribution in [-0.4, -0.2) is 16.2 Å². The van der Waals surface area contributed by atoms with Crippen LogP contribution in [0.4, 0.5) is 0 Å². The van der Waals surface area contributed by atoms with E-state index in [1.807, 2.05) is 0 Å². The normalized spacial score (nSPS) is 9.92. The van der Waals surface area contributed by atoms with E-state index in [-0.39, 0.29) is 18.7 Å². The number of aromatic hydroxyl groups is 1. The van der Waals surface area contributed by atoms with Gasteiger partial charge in [-0.05, 0) is 23.3 Å². The van der Waals surface area contributed by atoms with Gasteiger partial charge in [0, 0.05) is 6.54 Å². The first-order chi connectivity index (χ1) is 6.13. The molecule has 0 aromatic heterocycles. The van der Waals surface area contributed by atoms with Crippen molar-refractivity contribution in [1.29, 1.82) is 0 Å². The van der Waals surface area contributed by atoms with E-state index in [0.29, 0.717) is 11.1 Å². The maximum Gasteiger partial charge on any atom is 0.307 e. The lowest BCUT2D eigenvalue weighted by Gasteiger charge is -2.05. The number of aliphatic carboxylic acids is 1. The summed E-state index contributed by atoms with van der Waals surface area (Å²) < 4.78 is 0. The molecule has 1 aromatic carbocycles. The number of phenols is 1. The van der Waals surface area contributed by atoms with Gasteiger partial charge in [-0.3, -0.25) is 4.79 Å². The molecule has 1 aromatic rings. The molecule has 0 atom stereocenters. The third-order valence-corrected chi connectivity index (χ3v) is 1.75. The van der Waals surface area contributed by atoms with E-state index < -0.39 is 5.97 Å². The largest absolute Gasteiger partial charge is 0.508 e. The van der Waals surface area contributed by atoms with E-state index in [4.69, 9.17) is 15.9 Å². The molecule has 0 saturated heterocycles. The van der Waals surface area contributed by atoms with Gasteiger partial charge in [0.05, 0.1) is 6.42 Å². The van der Waals surface area contributed by atoms with Gasteiger partial charge in [0.25, 0.3) is 0 Å². The molecule has 0 heterocycles. The molecule has 4 N–H and O–H groups in total. The molecule has 0 aliphatic carbocycles. The highest BCUT2D eigenvalue weighted by Gasteiger charge is 2.05. The predicted octanol–water partition coefficient (Wildman–Crippen LogP) is 0.478. The van der Waals surface area contributed by atoms with E-state index in [9.17, 15) is 4.79 Å². The monoisotopic (exact) mass is 181 g/mol. The minimum Gasteiger partial charge on any atom is -0.508 e. The van der Waals surface area contributed by atoms with Crippen LogP contribution in [0.25, 0.3) is 0 Å². The van der Waals surface area contributed by atoms with Crippen LogP contribution in [0, 0.1) is 0 Å². The summed E-state index contributed by atoms with van der Waals surface area (Å²) in [5.74, 6) is -0.796. The van der Waals surface area contributed by atoms with Gasteiger partial charge in [-0.1, -0.05) is 6.07 Å². The van der Waals surface area contributed by atoms with Crippen molar-refractivity contribution >= 4 is 5.97 Å². The number of carboxylic acid groups (broad SMARTS) is 1. The summed E-state index contributed by atoms with van der Waals surface area (Å²) in [7, 11) is 0. The Morgan fingerprint density at radius 1 is 1.38 bits per heavy atom. The zero-order valence-corrected chi connectivity index (χ0v) is 7.03. The van der Waals surface area contributed by atoms with Crippen LogP contribution < -0.4 is 5.73 Å². The van der Waals surface area contributed by atoms with Crippen LogP contribution >= 0.6 is 0 Å². The number of hydrogen-bond acceptors (Lipinski definition) is 3. The average Bonchev–Trinajstić information content (AvgIpc) is 2.07. The molecule has 1 rings (SSSR count). The molecule has 0 aliphatic rings. The fraction of sp³-hybridized carbons (Fsp3) is 0.222. The maximum atomic E-state index is 10.4. The minimum atomic E-state index is -0.902. The second-order valence-electron chi connectivity index (χ2n) is 2.73. The van der Waals surface area contributed by atoms with Gasteiger partial charge in [-0.2, -0.15) is 0 Å². The summed E-state index contributed by atoms with van der Waals surface area (Å²) in [6.45, 7) is 0.233. The van der Waals surface area contributed by atoms with Gasteiger partial charge in [0.1, 0.15) is 5.75 Å². The number of hydrogen-bond donors (Lipinski definition) is 3. The van der Waals surface area contributed by atoms with Crippen molar-refractivity contribution in [3.63, 3.8) is 0 Å². The second-order valence-corrected chi connectivity index (χ2v) is 2.73. The van der Waals surface area contributed by atoms with Crippen LogP contribution in [0.15, 0.2) is 18.2 Å². The van der Waals surface area contributed by atoms with Gasteiger partial charge >= 0.3 is 5.97 Å². The number of benzene rings is 1. The number of rotatable bonds is 3. The Morgan fingerprint density at radius 2 is 2.08 bits per heavy atom. The van der Waals surface area contributed by atoms with E-state index in [0.717, 1.165) is 0 Å². The second kappa shape index (κ2) is 3.91. The summed E-state index contributed by atoms with van der Waals surface area (Å²) in [5, 5.41) is 17.7. The molecule has 4 nitrogen and oxygen atoms in total. The first kappa shape index (κ1) is 9.54. The highest BCUT2D eigenvalue weighted by Crippen LogP contribution is 2.16. The van der Waals surface area contributed by atoms with Crippen LogP contribution in [0.3, 0.4) is 0 Å². The number of phenolic OH excluding ortho intramolecular Hbond substituents is 1. The zero-order valence-electron chi connectivity index (χ0n) is 7.03. The molecule has 0 bridgehead atoms. The van der Waals surface area contributed by atoms with Gasteiger partial charge in [-0.15, -0.1) is 0 Å².